The fourth-order valence-electron chi connectivity index (χ4n) is 5.59. The Kier molecular flexibility index (Phi) is 14.3. The highest BCUT2D eigenvalue weighted by atomic mass is 35.5. The Bertz CT molecular complexity index is 1430. The number of aryl methyl sites for hydroxylation is 2. The Morgan fingerprint density at radius 3 is 1.81 bits per heavy atom. The third kappa shape index (κ3) is 12.8. The van der Waals surface area contributed by atoms with Gasteiger partial charge in [-0.25, -0.2) is 9.97 Å². The summed E-state index contributed by atoms with van der Waals surface area (Å²) in [6.45, 7) is 3.46. The molecule has 0 saturated heterocycles. The predicted octanol–water partition coefficient (Wildman–Crippen LogP) is 3.33. The molecule has 2 amide bonds. The molecule has 1 heterocycles. The molecule has 0 bridgehead atoms. The number of amides is 2. The monoisotopic (exact) mass is 684 g/mol. The van der Waals surface area contributed by atoms with Gasteiger partial charge in [0.25, 0.3) is 5.91 Å². The molecule has 48 heavy (non-hydrogen) atoms. The number of rotatable bonds is 19. The van der Waals surface area contributed by atoms with E-state index < -0.39 is 11.9 Å². The first-order chi connectivity index (χ1) is 22.7. The van der Waals surface area contributed by atoms with Crippen LogP contribution in [0.25, 0.3) is 0 Å². The van der Waals surface area contributed by atoms with Crippen LogP contribution in [0.1, 0.15) is 40.9 Å². The topological polar surface area (TPSA) is 154 Å². The van der Waals surface area contributed by atoms with Crippen LogP contribution in [-0.2, 0) is 17.6 Å². The number of anilines is 2. The standard InChI is InChI=1S/C35H51ClN8O4/c1-43(2,3)22-19-39-30(45)23-27(40-35(46)31-33(37)42-34(38)32(36)41-31)24-44(4,20-7-9-25-11-15-28(47-5)16-12-25)21-8-10-26-13-17-29(48-6)18-14-26/h11-18,27H,7-10,19-24H2,1-6H3,(H4-2,37,38,39,40,42,45,46)/p+2. The summed E-state index contributed by atoms with van der Waals surface area (Å²) >= 11 is 6.08. The zero-order valence-corrected chi connectivity index (χ0v) is 30.0. The molecular weight excluding hydrogens is 632 g/mol. The normalized spacial score (nSPS) is 12.3. The fourth-order valence-corrected chi connectivity index (χ4v) is 5.72. The molecule has 2 aromatic carbocycles. The van der Waals surface area contributed by atoms with E-state index in [2.05, 4.69) is 73.1 Å². The highest BCUT2D eigenvalue weighted by Gasteiger charge is 2.30. The van der Waals surface area contributed by atoms with Crippen molar-refractivity contribution in [1.29, 1.82) is 0 Å². The van der Waals surface area contributed by atoms with Crippen LogP contribution >= 0.6 is 11.6 Å². The van der Waals surface area contributed by atoms with Crippen LogP contribution in [0.2, 0.25) is 5.15 Å². The van der Waals surface area contributed by atoms with Gasteiger partial charge in [-0.15, -0.1) is 0 Å². The first kappa shape index (κ1) is 38.3. The maximum atomic E-state index is 13.5. The zero-order valence-electron chi connectivity index (χ0n) is 29.2. The van der Waals surface area contributed by atoms with Crippen LogP contribution in [0.4, 0.5) is 11.6 Å². The molecule has 1 atom stereocenters. The zero-order chi connectivity index (χ0) is 35.3. The number of carbonyl (C=O) groups is 2. The van der Waals surface area contributed by atoms with E-state index >= 15 is 0 Å². The second kappa shape index (κ2) is 17.9. The Morgan fingerprint density at radius 2 is 1.33 bits per heavy atom. The number of nitrogens with one attached hydrogen (secondary N) is 2. The average molecular weight is 685 g/mol. The summed E-state index contributed by atoms with van der Waals surface area (Å²) < 4.78 is 12.0. The van der Waals surface area contributed by atoms with Crippen molar-refractivity contribution in [3.63, 3.8) is 0 Å². The van der Waals surface area contributed by atoms with Crippen molar-refractivity contribution in [2.45, 2.75) is 38.1 Å². The lowest BCUT2D eigenvalue weighted by Gasteiger charge is -2.38. The van der Waals surface area contributed by atoms with Gasteiger partial charge in [-0.1, -0.05) is 35.9 Å². The summed E-state index contributed by atoms with van der Waals surface area (Å²) in [6.07, 6.45) is 3.68. The molecule has 13 heteroatoms. The van der Waals surface area contributed by atoms with E-state index in [1.165, 1.54) is 11.1 Å². The largest absolute Gasteiger partial charge is 0.497 e. The predicted molar refractivity (Wildman–Crippen MR) is 191 cm³/mol. The quantitative estimate of drug-likeness (QED) is 0.140. The smallest absolute Gasteiger partial charge is 0.274 e. The minimum Gasteiger partial charge on any atom is -0.497 e. The molecule has 1 unspecified atom stereocenters. The Balaban J connectivity index is 1.81. The summed E-state index contributed by atoms with van der Waals surface area (Å²) in [7, 11) is 11.7. The van der Waals surface area contributed by atoms with Gasteiger partial charge in [0.15, 0.2) is 22.5 Å². The summed E-state index contributed by atoms with van der Waals surface area (Å²) in [4.78, 5) is 34.8. The van der Waals surface area contributed by atoms with Crippen molar-refractivity contribution in [2.24, 2.45) is 0 Å². The minimum atomic E-state index is -0.561. The molecule has 0 radical (unpaired) electrons. The van der Waals surface area contributed by atoms with E-state index in [4.69, 9.17) is 32.5 Å². The van der Waals surface area contributed by atoms with E-state index in [1.54, 1.807) is 14.2 Å². The number of carbonyl (C=O) groups excluding carboxylic acids is 2. The number of nitrogens with two attached hydrogens (primary N) is 2. The number of hydrogen-bond acceptors (Lipinski definition) is 8. The van der Waals surface area contributed by atoms with Gasteiger partial charge < -0.3 is 40.5 Å². The van der Waals surface area contributed by atoms with Gasteiger partial charge >= 0.3 is 0 Å². The van der Waals surface area contributed by atoms with Crippen LogP contribution in [0.5, 0.6) is 11.5 Å². The third-order valence-electron chi connectivity index (χ3n) is 8.30. The number of likely N-dealkylation sites (N-methyl/N-ethyl adjacent to an activating group) is 2. The van der Waals surface area contributed by atoms with Gasteiger partial charge in [0.1, 0.15) is 11.5 Å². The lowest BCUT2D eigenvalue weighted by Crippen LogP contribution is -2.55. The molecule has 1 aromatic heterocycles. The van der Waals surface area contributed by atoms with Crippen molar-refractivity contribution in [3.8, 4) is 11.5 Å². The first-order valence-electron chi connectivity index (χ1n) is 16.3. The number of halogens is 1. The molecule has 262 valence electrons. The van der Waals surface area contributed by atoms with Gasteiger partial charge in [-0.2, -0.15) is 0 Å². The Labute approximate surface area is 289 Å². The van der Waals surface area contributed by atoms with Gasteiger partial charge in [-0.3, -0.25) is 9.59 Å². The van der Waals surface area contributed by atoms with Crippen LogP contribution in [0.15, 0.2) is 48.5 Å². The maximum absolute atomic E-state index is 13.5. The molecule has 3 aromatic rings. The third-order valence-corrected chi connectivity index (χ3v) is 8.58. The van der Waals surface area contributed by atoms with Crippen LogP contribution < -0.4 is 31.6 Å². The number of hydrogen-bond donors (Lipinski definition) is 4. The molecule has 0 spiro atoms. The Morgan fingerprint density at radius 1 is 0.812 bits per heavy atom. The molecule has 6 N–H and O–H groups in total. The van der Waals surface area contributed by atoms with Crippen LogP contribution in [-0.4, -0.2) is 112 Å². The maximum Gasteiger partial charge on any atom is 0.274 e. The summed E-state index contributed by atoms with van der Waals surface area (Å²) in [6, 6.07) is 15.7. The SMILES string of the molecule is COc1ccc(CCC[N+](C)(CCCc2ccc(OC)cc2)CC(CC(=O)NCC[N+](C)(C)C)NC(=O)c2nc(Cl)c(N)nc2N)cc1. The fraction of sp³-hybridized carbons (Fsp3) is 0.486. The number of quaternary nitrogens is 2. The van der Waals surface area contributed by atoms with E-state index in [9.17, 15) is 9.59 Å². The lowest BCUT2D eigenvalue weighted by atomic mass is 10.1. The van der Waals surface area contributed by atoms with E-state index in [1.807, 2.05) is 24.3 Å². The van der Waals surface area contributed by atoms with Crippen molar-refractivity contribution in [1.82, 2.24) is 20.6 Å². The van der Waals surface area contributed by atoms with Crippen LogP contribution in [0, 0.1) is 0 Å². The number of nitrogen functional groups attached to an aromatic ring is 2. The molecule has 0 saturated carbocycles. The molecule has 0 aliphatic rings. The van der Waals surface area contributed by atoms with Gasteiger partial charge in [0, 0.05) is 12.8 Å². The number of ether oxygens (including phenoxy) is 2. The summed E-state index contributed by atoms with van der Waals surface area (Å²) in [5, 5.41) is 5.94. The number of benzene rings is 2. The average Bonchev–Trinajstić information content (AvgIpc) is 3.02. The first-order valence-corrected chi connectivity index (χ1v) is 16.6. The summed E-state index contributed by atoms with van der Waals surface area (Å²) in [5.41, 5.74) is 14.1. The number of methoxy groups -OCH3 is 2. The van der Waals surface area contributed by atoms with E-state index in [0.29, 0.717) is 22.1 Å². The molecular formula is C35H53ClN8O4+2. The molecule has 12 nitrogen and oxygen atoms in total. The second-order valence-electron chi connectivity index (χ2n) is 13.5. The molecule has 0 fully saturated rings. The van der Waals surface area contributed by atoms with E-state index in [0.717, 1.165) is 56.8 Å². The highest BCUT2D eigenvalue weighted by Crippen LogP contribution is 2.20. The van der Waals surface area contributed by atoms with E-state index in [-0.39, 0.29) is 34.8 Å². The molecule has 0 aliphatic heterocycles. The molecule has 3 rings (SSSR count). The van der Waals surface area contributed by atoms with Crippen molar-refractivity contribution in [2.75, 3.05) is 86.6 Å². The van der Waals surface area contributed by atoms with Crippen LogP contribution in [0.3, 0.4) is 0 Å². The van der Waals surface area contributed by atoms with Crippen molar-refractivity contribution >= 4 is 35.1 Å². The molecule has 0 aliphatic carbocycles. The van der Waals surface area contributed by atoms with Gasteiger partial charge in [0.2, 0.25) is 5.91 Å². The lowest BCUT2D eigenvalue weighted by molar-refractivity contribution is -0.911. The van der Waals surface area contributed by atoms with Gasteiger partial charge in [-0.05, 0) is 48.2 Å². The number of aromatic nitrogens is 2. The minimum absolute atomic E-state index is 0.0585. The Hall–Kier alpha value is -4.13. The van der Waals surface area contributed by atoms with Gasteiger partial charge in [0.05, 0.1) is 87.6 Å². The van der Waals surface area contributed by atoms with Crippen molar-refractivity contribution in [3.05, 3.63) is 70.5 Å². The highest BCUT2D eigenvalue weighted by molar-refractivity contribution is 6.31. The summed E-state index contributed by atoms with van der Waals surface area (Å²) in [5.74, 6) is 0.752. The van der Waals surface area contributed by atoms with Crippen molar-refractivity contribution < 1.29 is 28.0 Å². The second-order valence-corrected chi connectivity index (χ2v) is 13.9. The number of nitrogens with zero attached hydrogens (tertiary/aromatic N) is 4.